The zero-order valence-corrected chi connectivity index (χ0v) is 20.9. The Balaban J connectivity index is 1.53. The van der Waals surface area contributed by atoms with E-state index in [2.05, 4.69) is 4.72 Å². The van der Waals surface area contributed by atoms with Crippen molar-refractivity contribution >= 4 is 15.7 Å². The number of sulfonamides is 1. The molecule has 1 N–H and O–H groups in total. The zero-order valence-electron chi connectivity index (χ0n) is 20.1. The third kappa shape index (κ3) is 6.74. The fraction of sp³-hybridized carbons (Fsp3) is 0.280. The van der Waals surface area contributed by atoms with Gasteiger partial charge in [-0.05, 0) is 62.0 Å². The van der Waals surface area contributed by atoms with Crippen LogP contribution in [0.4, 0.5) is 36.4 Å². The zero-order chi connectivity index (χ0) is 28.6. The fourth-order valence-corrected chi connectivity index (χ4v) is 4.97. The molecular formula is C25H21F7N2O4S. The predicted molar refractivity (Wildman–Crippen MR) is 127 cm³/mol. The SMILES string of the molecule is CN1CC[C@@H](Oc2cc(NS(=O)(=O)c3ccc(Oc4cccc(C(F)(F)F)c4F)cc3)ccc2C(F)(F)F)C1. The predicted octanol–water partition coefficient (Wildman–Crippen LogP) is 6.54. The molecule has 0 saturated carbocycles. The summed E-state index contributed by atoms with van der Waals surface area (Å²) in [5, 5.41) is 0. The molecule has 3 aromatic rings. The van der Waals surface area contributed by atoms with Crippen LogP contribution in [0.3, 0.4) is 0 Å². The fourth-order valence-electron chi connectivity index (χ4n) is 3.92. The molecule has 1 atom stereocenters. The number of likely N-dealkylation sites (tertiary alicyclic amines) is 1. The van der Waals surface area contributed by atoms with Crippen LogP contribution in [0.2, 0.25) is 0 Å². The lowest BCUT2D eigenvalue weighted by Crippen LogP contribution is -2.23. The molecule has 210 valence electrons. The van der Waals surface area contributed by atoms with Crippen LogP contribution in [0.5, 0.6) is 17.2 Å². The second-order valence-electron chi connectivity index (χ2n) is 8.79. The van der Waals surface area contributed by atoms with Crippen LogP contribution in [-0.4, -0.2) is 39.6 Å². The first-order chi connectivity index (χ1) is 18.1. The minimum atomic E-state index is -4.94. The molecule has 0 spiro atoms. The molecule has 39 heavy (non-hydrogen) atoms. The van der Waals surface area contributed by atoms with E-state index in [4.69, 9.17) is 9.47 Å². The molecular weight excluding hydrogens is 557 g/mol. The van der Waals surface area contributed by atoms with E-state index in [1.807, 2.05) is 4.90 Å². The summed E-state index contributed by atoms with van der Waals surface area (Å²) in [7, 11) is -2.52. The number of ether oxygens (including phenoxy) is 2. The number of rotatable bonds is 7. The highest BCUT2D eigenvalue weighted by molar-refractivity contribution is 7.92. The van der Waals surface area contributed by atoms with Crippen LogP contribution in [0.1, 0.15) is 17.5 Å². The Morgan fingerprint density at radius 3 is 2.15 bits per heavy atom. The average molecular weight is 579 g/mol. The van der Waals surface area contributed by atoms with Crippen molar-refractivity contribution < 1.29 is 48.6 Å². The highest BCUT2D eigenvalue weighted by atomic mass is 32.2. The molecule has 0 unspecified atom stereocenters. The third-order valence-electron chi connectivity index (χ3n) is 5.81. The third-order valence-corrected chi connectivity index (χ3v) is 7.21. The Labute approximate surface area is 219 Å². The molecule has 0 radical (unpaired) electrons. The first kappa shape index (κ1) is 28.5. The molecule has 1 heterocycles. The van der Waals surface area contributed by atoms with Crippen molar-refractivity contribution in [2.24, 2.45) is 0 Å². The molecule has 0 amide bonds. The Bertz CT molecular complexity index is 1440. The van der Waals surface area contributed by atoms with Gasteiger partial charge in [-0.3, -0.25) is 4.72 Å². The summed E-state index contributed by atoms with van der Waals surface area (Å²) < 4.78 is 132. The number of benzene rings is 3. The van der Waals surface area contributed by atoms with Crippen molar-refractivity contribution in [2.75, 3.05) is 24.9 Å². The molecule has 1 saturated heterocycles. The largest absolute Gasteiger partial charge is 0.488 e. The van der Waals surface area contributed by atoms with Crippen LogP contribution in [0.15, 0.2) is 65.6 Å². The highest BCUT2D eigenvalue weighted by Crippen LogP contribution is 2.39. The van der Waals surface area contributed by atoms with Crippen LogP contribution < -0.4 is 14.2 Å². The number of likely N-dealkylation sites (N-methyl/N-ethyl adjacent to an activating group) is 1. The van der Waals surface area contributed by atoms with Gasteiger partial charge in [0.15, 0.2) is 11.6 Å². The van der Waals surface area contributed by atoms with E-state index in [0.717, 1.165) is 48.5 Å². The number of anilines is 1. The number of alkyl halides is 6. The maximum absolute atomic E-state index is 14.2. The summed E-state index contributed by atoms with van der Waals surface area (Å²) in [4.78, 5) is 1.55. The maximum Gasteiger partial charge on any atom is 0.419 e. The standard InChI is InChI=1S/C25H21F7N2O4S/c1-34-12-11-17(14-34)38-22-13-15(5-10-19(22)24(27,28)29)33-39(35,36)18-8-6-16(7-9-18)37-21-4-2-3-20(23(21)26)25(30,31)32/h2-10,13,17,33H,11-12,14H2,1H3/t17-/m1/s1. The average Bonchev–Trinajstić information content (AvgIpc) is 3.23. The molecule has 0 bridgehead atoms. The van der Waals surface area contributed by atoms with E-state index < -0.39 is 56.9 Å². The number of hydrogen-bond donors (Lipinski definition) is 1. The molecule has 3 aromatic carbocycles. The van der Waals surface area contributed by atoms with Gasteiger partial charge in [0.05, 0.1) is 21.7 Å². The number of nitrogens with one attached hydrogen (secondary N) is 1. The van der Waals surface area contributed by atoms with Gasteiger partial charge in [0, 0.05) is 19.2 Å². The summed E-state index contributed by atoms with van der Waals surface area (Å²) in [5.41, 5.74) is -2.76. The summed E-state index contributed by atoms with van der Waals surface area (Å²) in [5.74, 6) is -3.02. The first-order valence-corrected chi connectivity index (χ1v) is 12.8. The quantitative estimate of drug-likeness (QED) is 0.323. The van der Waals surface area contributed by atoms with E-state index in [9.17, 15) is 39.2 Å². The Kier molecular flexibility index (Phi) is 7.72. The van der Waals surface area contributed by atoms with Crippen molar-refractivity contribution in [1.82, 2.24) is 4.90 Å². The molecule has 6 nitrogen and oxygen atoms in total. The lowest BCUT2D eigenvalue weighted by Gasteiger charge is -2.19. The van der Waals surface area contributed by atoms with Gasteiger partial charge in [-0.1, -0.05) is 6.07 Å². The maximum atomic E-state index is 14.2. The van der Waals surface area contributed by atoms with Crippen LogP contribution in [0, 0.1) is 5.82 Å². The van der Waals surface area contributed by atoms with Crippen LogP contribution in [-0.2, 0) is 22.4 Å². The van der Waals surface area contributed by atoms with E-state index in [1.54, 1.807) is 7.05 Å². The molecule has 4 rings (SSSR count). The van der Waals surface area contributed by atoms with Gasteiger partial charge in [-0.15, -0.1) is 0 Å². The summed E-state index contributed by atoms with van der Waals surface area (Å²) in [6, 6.07) is 9.35. The van der Waals surface area contributed by atoms with Gasteiger partial charge < -0.3 is 14.4 Å². The van der Waals surface area contributed by atoms with E-state index in [-0.39, 0.29) is 16.3 Å². The Morgan fingerprint density at radius 1 is 0.897 bits per heavy atom. The van der Waals surface area contributed by atoms with E-state index in [1.165, 1.54) is 0 Å². The van der Waals surface area contributed by atoms with E-state index >= 15 is 0 Å². The Hall–Kier alpha value is -3.52. The Morgan fingerprint density at radius 2 is 1.56 bits per heavy atom. The minimum Gasteiger partial charge on any atom is -0.488 e. The monoisotopic (exact) mass is 578 g/mol. The van der Waals surface area contributed by atoms with Crippen LogP contribution in [0.25, 0.3) is 0 Å². The van der Waals surface area contributed by atoms with Gasteiger partial charge >= 0.3 is 12.4 Å². The topological polar surface area (TPSA) is 67.9 Å². The summed E-state index contributed by atoms with van der Waals surface area (Å²) in [6.07, 6.45) is -9.67. The summed E-state index contributed by atoms with van der Waals surface area (Å²) in [6.45, 7) is 1.05. The second-order valence-corrected chi connectivity index (χ2v) is 10.5. The van der Waals surface area contributed by atoms with Crippen molar-refractivity contribution in [1.29, 1.82) is 0 Å². The lowest BCUT2D eigenvalue weighted by atomic mass is 10.1. The van der Waals surface area contributed by atoms with Crippen molar-refractivity contribution in [2.45, 2.75) is 29.8 Å². The molecule has 0 aliphatic carbocycles. The molecule has 1 aliphatic heterocycles. The van der Waals surface area contributed by atoms with Crippen molar-refractivity contribution in [3.05, 3.63) is 77.6 Å². The minimum absolute atomic E-state index is 0.154. The molecule has 0 aromatic heterocycles. The van der Waals surface area contributed by atoms with Crippen LogP contribution >= 0.6 is 0 Å². The number of nitrogens with zero attached hydrogens (tertiary/aromatic N) is 1. The van der Waals surface area contributed by atoms with Gasteiger partial charge in [-0.25, -0.2) is 12.8 Å². The van der Waals surface area contributed by atoms with Gasteiger partial charge in [-0.2, -0.15) is 26.3 Å². The number of hydrogen-bond acceptors (Lipinski definition) is 5. The highest BCUT2D eigenvalue weighted by Gasteiger charge is 2.37. The lowest BCUT2D eigenvalue weighted by molar-refractivity contribution is -0.140. The molecule has 1 fully saturated rings. The van der Waals surface area contributed by atoms with Gasteiger partial charge in [0.1, 0.15) is 17.6 Å². The molecule has 14 heteroatoms. The first-order valence-electron chi connectivity index (χ1n) is 11.4. The van der Waals surface area contributed by atoms with E-state index in [0.29, 0.717) is 31.6 Å². The van der Waals surface area contributed by atoms with Crippen molar-refractivity contribution in [3.63, 3.8) is 0 Å². The second kappa shape index (κ2) is 10.6. The summed E-state index contributed by atoms with van der Waals surface area (Å²) >= 11 is 0. The van der Waals surface area contributed by atoms with Gasteiger partial charge in [0.25, 0.3) is 10.0 Å². The van der Waals surface area contributed by atoms with Crippen molar-refractivity contribution in [3.8, 4) is 17.2 Å². The van der Waals surface area contributed by atoms with Gasteiger partial charge in [0.2, 0.25) is 0 Å². The normalized spacial score (nSPS) is 16.8. The molecule has 1 aliphatic rings. The number of halogens is 7. The smallest absolute Gasteiger partial charge is 0.419 e.